The van der Waals surface area contributed by atoms with E-state index in [2.05, 4.69) is 127 Å². The molecule has 0 saturated heterocycles. The summed E-state index contributed by atoms with van der Waals surface area (Å²) in [6, 6.07) is 39.0. The van der Waals surface area contributed by atoms with Crippen LogP contribution >= 0.6 is 0 Å². The predicted molar refractivity (Wildman–Crippen MR) is 202 cm³/mol. The fourth-order valence-electron chi connectivity index (χ4n) is 7.16. The fourth-order valence-corrected chi connectivity index (χ4v) is 9.60. The average molecular weight is 660 g/mol. The molecule has 0 atom stereocenters. The first-order chi connectivity index (χ1) is 23.2. The Morgan fingerprint density at radius 3 is 2.09 bits per heavy atom. The minimum Gasteiger partial charge on any atom is -0.0561 e. The van der Waals surface area contributed by atoms with Crippen molar-refractivity contribution in [3.63, 3.8) is 0 Å². The molecule has 0 aliphatic rings. The number of hydrogen-bond donors (Lipinski definition) is 0. The van der Waals surface area contributed by atoms with Gasteiger partial charge < -0.3 is 0 Å². The first-order valence-corrected chi connectivity index (χ1v) is 23.5. The molecule has 0 spiro atoms. The molecular formula is C43H40GeN2. The van der Waals surface area contributed by atoms with Crippen LogP contribution in [-0.4, -0.2) is 22.7 Å². The minimum absolute atomic E-state index is 0.235. The molecule has 8 aromatic rings. The van der Waals surface area contributed by atoms with Gasteiger partial charge in [-0.25, -0.2) is 0 Å². The maximum atomic E-state index is 8.54. The molecule has 226 valence electrons. The average Bonchev–Trinajstić information content (AvgIpc) is 3.58. The summed E-state index contributed by atoms with van der Waals surface area (Å²) in [6.45, 7) is 4.25. The van der Waals surface area contributed by atoms with Gasteiger partial charge in [0.2, 0.25) is 0 Å². The second kappa shape index (κ2) is 10.3. The van der Waals surface area contributed by atoms with Gasteiger partial charge in [0.05, 0.1) is 0 Å². The Bertz CT molecular complexity index is 2550. The van der Waals surface area contributed by atoms with E-state index >= 15 is 0 Å². The Kier molecular flexibility index (Phi) is 5.77. The Balaban J connectivity index is 1.41. The molecule has 0 radical (unpaired) electrons. The van der Waals surface area contributed by atoms with Gasteiger partial charge in [0, 0.05) is 0 Å². The summed E-state index contributed by atoms with van der Waals surface area (Å²) in [5.41, 5.74) is 10.4. The van der Waals surface area contributed by atoms with Crippen LogP contribution in [-0.2, 0) is 5.41 Å². The van der Waals surface area contributed by atoms with Crippen LogP contribution in [0.2, 0.25) is 17.3 Å². The smallest absolute Gasteiger partial charge is 0.0561 e. The molecule has 0 aliphatic heterocycles. The number of fused-ring (bicyclic) bond motifs is 6. The number of para-hydroxylation sites is 1. The van der Waals surface area contributed by atoms with E-state index in [9.17, 15) is 0 Å². The van der Waals surface area contributed by atoms with Crippen LogP contribution < -0.4 is 4.40 Å². The van der Waals surface area contributed by atoms with Crippen LogP contribution in [0.25, 0.3) is 71.6 Å². The van der Waals surface area contributed by atoms with Crippen LogP contribution in [0.1, 0.15) is 36.0 Å². The molecule has 0 fully saturated rings. The van der Waals surface area contributed by atoms with Crippen LogP contribution in [0.15, 0.2) is 115 Å². The molecule has 0 N–H and O–H groups in total. The zero-order valence-electron chi connectivity index (χ0n) is 30.4. The van der Waals surface area contributed by atoms with Gasteiger partial charge in [0.25, 0.3) is 0 Å². The van der Waals surface area contributed by atoms with Crippen molar-refractivity contribution in [2.45, 2.75) is 50.3 Å². The zero-order chi connectivity index (χ0) is 34.5. The summed E-state index contributed by atoms with van der Waals surface area (Å²) in [4.78, 5) is 4.88. The number of rotatable bonds is 4. The van der Waals surface area contributed by atoms with Crippen molar-refractivity contribution < 1.29 is 4.11 Å². The van der Waals surface area contributed by atoms with E-state index in [1.165, 1.54) is 42.5 Å². The Labute approximate surface area is 278 Å². The molecule has 5 aromatic carbocycles. The van der Waals surface area contributed by atoms with Gasteiger partial charge in [-0.05, 0) is 11.1 Å². The SMILES string of the molecule is [2H]C([2H])([2H])c1cnc(-c2cc3c4ccccc4n4c5cc[c]([Ge]([CH3])([CH3])[CH3])cc5c(c2)c34)cc1-c1ccc(-c2ccccc2)cc1C(C)(C)C. The molecule has 0 aliphatic carbocycles. The number of pyridine rings is 1. The topological polar surface area (TPSA) is 17.3 Å². The number of nitrogens with zero attached hydrogens (tertiary/aromatic N) is 2. The Morgan fingerprint density at radius 1 is 0.630 bits per heavy atom. The van der Waals surface area contributed by atoms with Crippen molar-refractivity contribution in [3.8, 4) is 33.5 Å². The standard InChI is InChI=1S/C43H40GeN2/c1-27-26-45-39(25-34(27)32-19-17-29(23-38(32)43(2,3)4)28-13-9-8-10-14-28)30-21-36-33-15-11-12-16-40(33)46-41-20-18-31(44(5,6)7)24-35(41)37(22-30)42(36)46/h8-26H,1-7H3/i1D3. The third-order valence-corrected chi connectivity index (χ3v) is 13.9. The van der Waals surface area contributed by atoms with E-state index < -0.39 is 20.1 Å². The van der Waals surface area contributed by atoms with Gasteiger partial charge in [-0.3, -0.25) is 0 Å². The van der Waals surface area contributed by atoms with Crippen molar-refractivity contribution in [2.75, 3.05) is 0 Å². The summed E-state index contributed by atoms with van der Waals surface area (Å²) in [6.07, 6.45) is 1.58. The summed E-state index contributed by atoms with van der Waals surface area (Å²) >= 11 is -2.11. The Hall–Kier alpha value is -4.41. The van der Waals surface area contributed by atoms with E-state index in [4.69, 9.17) is 9.10 Å². The van der Waals surface area contributed by atoms with Crippen molar-refractivity contribution in [1.82, 2.24) is 9.38 Å². The van der Waals surface area contributed by atoms with Crippen LogP contribution in [0.3, 0.4) is 0 Å². The molecule has 2 nitrogen and oxygen atoms in total. The summed E-state index contributed by atoms with van der Waals surface area (Å²) in [7, 11) is 0. The first kappa shape index (κ1) is 25.7. The van der Waals surface area contributed by atoms with E-state index in [1.807, 2.05) is 24.3 Å². The maximum absolute atomic E-state index is 8.54. The van der Waals surface area contributed by atoms with Gasteiger partial charge >= 0.3 is 217 Å². The molecule has 3 aromatic heterocycles. The van der Waals surface area contributed by atoms with E-state index in [-0.39, 0.29) is 11.0 Å². The second-order valence-corrected chi connectivity index (χ2v) is 25.4. The number of aromatic nitrogens is 2. The van der Waals surface area contributed by atoms with E-state index in [0.717, 1.165) is 33.5 Å². The molecule has 3 heteroatoms. The van der Waals surface area contributed by atoms with Crippen LogP contribution in [0.4, 0.5) is 0 Å². The van der Waals surface area contributed by atoms with Crippen molar-refractivity contribution >= 4 is 55.8 Å². The van der Waals surface area contributed by atoms with E-state index in [0.29, 0.717) is 5.56 Å². The third kappa shape index (κ3) is 4.57. The second-order valence-electron chi connectivity index (χ2n) is 14.7. The summed E-state index contributed by atoms with van der Waals surface area (Å²) < 4.78 is 29.5. The number of aryl methyl sites for hydroxylation is 1. The molecule has 3 heterocycles. The van der Waals surface area contributed by atoms with Crippen LogP contribution in [0.5, 0.6) is 0 Å². The monoisotopic (exact) mass is 661 g/mol. The quantitative estimate of drug-likeness (QED) is 0.172. The molecular weight excluding hydrogens is 617 g/mol. The molecule has 8 rings (SSSR count). The summed E-state index contributed by atoms with van der Waals surface area (Å²) in [5, 5.41) is 4.85. The van der Waals surface area contributed by atoms with Crippen molar-refractivity contribution in [3.05, 3.63) is 127 Å². The van der Waals surface area contributed by atoms with Gasteiger partial charge in [-0.1, -0.05) is 51.1 Å². The molecule has 0 amide bonds. The molecule has 46 heavy (non-hydrogen) atoms. The zero-order valence-corrected chi connectivity index (χ0v) is 29.5. The van der Waals surface area contributed by atoms with Gasteiger partial charge in [-0.2, -0.15) is 0 Å². The predicted octanol–water partition coefficient (Wildman–Crippen LogP) is 11.4. The van der Waals surface area contributed by atoms with Gasteiger partial charge in [0.1, 0.15) is 0 Å². The molecule has 0 saturated carbocycles. The van der Waals surface area contributed by atoms with Gasteiger partial charge in [-0.15, -0.1) is 0 Å². The Morgan fingerprint density at radius 2 is 1.35 bits per heavy atom. The summed E-state index contributed by atoms with van der Waals surface area (Å²) in [5.74, 6) is 7.32. The molecule has 0 bridgehead atoms. The molecule has 0 unspecified atom stereocenters. The fraction of sp³-hybridized carbons (Fsp3) is 0.186. The van der Waals surface area contributed by atoms with E-state index in [1.54, 1.807) is 6.20 Å². The third-order valence-electron chi connectivity index (χ3n) is 9.59. The van der Waals surface area contributed by atoms with Gasteiger partial charge in [0.15, 0.2) is 0 Å². The van der Waals surface area contributed by atoms with Crippen LogP contribution in [0, 0.1) is 6.85 Å². The van der Waals surface area contributed by atoms with Crippen molar-refractivity contribution in [2.24, 2.45) is 0 Å². The number of benzene rings is 5. The van der Waals surface area contributed by atoms with Crippen molar-refractivity contribution in [1.29, 1.82) is 0 Å². The normalized spacial score (nSPS) is 13.9. The first-order valence-electron chi connectivity index (χ1n) is 17.6. The number of hydrogen-bond acceptors (Lipinski definition) is 1. The minimum atomic E-state index is -2.33.